The minimum atomic E-state index is -0.627. The molecule has 7 atom stereocenters. The molecule has 1 spiro atoms. The normalized spacial score (nSPS) is 55.0. The molecule has 5 rings (SSSR count). The van der Waals surface area contributed by atoms with Gasteiger partial charge < -0.3 is 14.6 Å². The molecule has 0 aromatic rings. The molecule has 2 bridgehead atoms. The molecule has 4 aliphatic heterocycles. The summed E-state index contributed by atoms with van der Waals surface area (Å²) in [6.07, 6.45) is 4.24. The van der Waals surface area contributed by atoms with Gasteiger partial charge in [0.25, 0.3) is 0 Å². The van der Waals surface area contributed by atoms with E-state index in [4.69, 9.17) is 24.4 Å². The molecule has 0 amide bonds. The summed E-state index contributed by atoms with van der Waals surface area (Å²) in [6, 6.07) is 0. The number of hydrogen-bond donors (Lipinski definition) is 1. The van der Waals surface area contributed by atoms with Crippen LogP contribution < -0.4 is 0 Å². The first-order valence-corrected chi connectivity index (χ1v) is 8.16. The molecule has 0 aromatic heterocycles. The second-order valence-corrected chi connectivity index (χ2v) is 7.22. The Hall–Kier alpha value is -0.200. The van der Waals surface area contributed by atoms with Gasteiger partial charge in [0.05, 0.1) is 6.61 Å². The highest BCUT2D eigenvalue weighted by Crippen LogP contribution is 2.59. The zero-order valence-corrected chi connectivity index (χ0v) is 13.5. The lowest BCUT2D eigenvalue weighted by Gasteiger charge is -2.58. The second kappa shape index (κ2) is 5.46. The van der Waals surface area contributed by atoms with Crippen LogP contribution in [-0.4, -0.2) is 36.5 Å². The van der Waals surface area contributed by atoms with Crippen LogP contribution in [0.3, 0.4) is 0 Å². The Labute approximate surface area is 126 Å². The van der Waals surface area contributed by atoms with Gasteiger partial charge in [0.15, 0.2) is 11.9 Å². The predicted octanol–water partition coefficient (Wildman–Crippen LogP) is 2.48. The van der Waals surface area contributed by atoms with E-state index in [9.17, 15) is 0 Å². The van der Waals surface area contributed by atoms with Crippen molar-refractivity contribution in [3.05, 3.63) is 0 Å². The van der Waals surface area contributed by atoms with Crippen LogP contribution in [0.2, 0.25) is 0 Å². The number of ether oxygens (including phenoxy) is 2. The van der Waals surface area contributed by atoms with Crippen molar-refractivity contribution in [2.75, 3.05) is 13.7 Å². The van der Waals surface area contributed by atoms with Gasteiger partial charge in [-0.25, -0.2) is 9.78 Å². The average Bonchev–Trinajstić information content (AvgIpc) is 2.72. The van der Waals surface area contributed by atoms with E-state index < -0.39 is 5.79 Å². The van der Waals surface area contributed by atoms with Crippen molar-refractivity contribution in [2.24, 2.45) is 23.7 Å². The monoisotopic (exact) mass is 300 g/mol. The van der Waals surface area contributed by atoms with Crippen LogP contribution in [0.1, 0.15) is 46.5 Å². The third-order valence-corrected chi connectivity index (χ3v) is 5.97. The number of fused-ring (bicyclic) bond motifs is 2. The maximum absolute atomic E-state index is 7.00. The van der Waals surface area contributed by atoms with E-state index >= 15 is 0 Å². The Morgan fingerprint density at radius 2 is 1.67 bits per heavy atom. The Kier molecular flexibility index (Phi) is 4.08. The summed E-state index contributed by atoms with van der Waals surface area (Å²) < 4.78 is 12.2. The average molecular weight is 300 g/mol. The third kappa shape index (κ3) is 2.17. The van der Waals surface area contributed by atoms with E-state index in [0.717, 1.165) is 26.6 Å². The zero-order valence-electron chi connectivity index (χ0n) is 13.5. The van der Waals surface area contributed by atoms with Crippen molar-refractivity contribution in [1.82, 2.24) is 0 Å². The molecule has 0 unspecified atom stereocenters. The quantitative estimate of drug-likeness (QED) is 0.697. The molecule has 1 saturated carbocycles. The third-order valence-electron chi connectivity index (χ3n) is 5.97. The molecule has 1 aliphatic carbocycles. The summed E-state index contributed by atoms with van der Waals surface area (Å²) in [5.41, 5.74) is -0.370. The van der Waals surface area contributed by atoms with Gasteiger partial charge in [-0.1, -0.05) is 13.8 Å². The minimum Gasteiger partial charge on any atom is -0.400 e. The van der Waals surface area contributed by atoms with Crippen LogP contribution in [0.4, 0.5) is 0 Å². The molecule has 5 fully saturated rings. The van der Waals surface area contributed by atoms with Crippen LogP contribution >= 0.6 is 0 Å². The van der Waals surface area contributed by atoms with Crippen LogP contribution in [0.15, 0.2) is 0 Å². The molecule has 5 nitrogen and oxygen atoms in total. The van der Waals surface area contributed by atoms with Crippen molar-refractivity contribution in [1.29, 1.82) is 0 Å². The van der Waals surface area contributed by atoms with E-state index in [1.165, 1.54) is 12.8 Å². The van der Waals surface area contributed by atoms with E-state index in [1.54, 1.807) is 0 Å². The first kappa shape index (κ1) is 15.7. The number of aliphatic hydroxyl groups excluding tert-OH is 1. The van der Waals surface area contributed by atoms with Crippen molar-refractivity contribution in [3.8, 4) is 0 Å². The summed E-state index contributed by atoms with van der Waals surface area (Å²) in [5, 5.41) is 7.00. The fraction of sp³-hybridized carbons (Fsp3) is 1.00. The van der Waals surface area contributed by atoms with Gasteiger partial charge in [-0.15, -0.1) is 0 Å². The number of aliphatic hydroxyl groups is 1. The molecule has 122 valence electrons. The number of hydrogen-bond acceptors (Lipinski definition) is 5. The lowest BCUT2D eigenvalue weighted by atomic mass is 9.58. The molecule has 5 aliphatic rings. The summed E-state index contributed by atoms with van der Waals surface area (Å²) in [4.78, 5) is 11.7. The predicted molar refractivity (Wildman–Crippen MR) is 76.0 cm³/mol. The minimum absolute atomic E-state index is 0.248. The van der Waals surface area contributed by atoms with E-state index in [1.807, 2.05) is 6.92 Å². The van der Waals surface area contributed by atoms with Crippen molar-refractivity contribution < 1.29 is 24.4 Å². The second-order valence-electron chi connectivity index (χ2n) is 7.22. The zero-order chi connectivity index (χ0) is 15.3. The van der Waals surface area contributed by atoms with Crippen molar-refractivity contribution in [2.45, 2.75) is 64.1 Å². The van der Waals surface area contributed by atoms with Gasteiger partial charge in [-0.2, -0.15) is 0 Å². The summed E-state index contributed by atoms with van der Waals surface area (Å²) in [5.74, 6) is 1.53. The van der Waals surface area contributed by atoms with Crippen molar-refractivity contribution >= 4 is 0 Å². The van der Waals surface area contributed by atoms with Crippen LogP contribution in [-0.2, 0) is 19.2 Å². The van der Waals surface area contributed by atoms with E-state index in [2.05, 4.69) is 13.8 Å². The van der Waals surface area contributed by atoms with Crippen LogP contribution in [0, 0.1) is 23.7 Å². The van der Waals surface area contributed by atoms with Gasteiger partial charge in [0.1, 0.15) is 0 Å². The standard InChI is InChI=1S/C15H24O4.CH4O/c1-9-4-5-11-10(2)8-16-13-15(11)12(9)6-7-14(3,17-13)18-19-15;1-2/h9-13H,4-8H2,1-3H3;2H,1H3/t9-,10+,11+,12+,13-,14-,15+;/m1./s1. The molecular formula is C16H28O5. The summed E-state index contributed by atoms with van der Waals surface area (Å²) in [6.45, 7) is 7.36. The number of rotatable bonds is 0. The molecule has 21 heavy (non-hydrogen) atoms. The highest BCUT2D eigenvalue weighted by molar-refractivity contribution is 5.08. The maximum atomic E-state index is 7.00. The highest BCUT2D eigenvalue weighted by atomic mass is 17.3. The molecule has 4 saturated heterocycles. The summed E-state index contributed by atoms with van der Waals surface area (Å²) >= 11 is 0. The molecule has 4 heterocycles. The van der Waals surface area contributed by atoms with Gasteiger partial charge in [0.2, 0.25) is 5.79 Å². The lowest BCUT2D eigenvalue weighted by molar-refractivity contribution is -0.566. The highest BCUT2D eigenvalue weighted by Gasteiger charge is 2.67. The Balaban J connectivity index is 0.000000636. The smallest absolute Gasteiger partial charge is 0.201 e. The molecular weight excluding hydrogens is 272 g/mol. The fourth-order valence-corrected chi connectivity index (χ4v) is 4.88. The Morgan fingerprint density at radius 1 is 0.952 bits per heavy atom. The topological polar surface area (TPSA) is 57.2 Å². The van der Waals surface area contributed by atoms with Gasteiger partial charge >= 0.3 is 0 Å². The Morgan fingerprint density at radius 3 is 2.43 bits per heavy atom. The van der Waals surface area contributed by atoms with Crippen LogP contribution in [0.25, 0.3) is 0 Å². The van der Waals surface area contributed by atoms with Crippen molar-refractivity contribution in [3.63, 3.8) is 0 Å². The first-order chi connectivity index (χ1) is 10.1. The molecule has 5 heteroatoms. The molecule has 1 N–H and O–H groups in total. The maximum Gasteiger partial charge on any atom is 0.201 e. The van der Waals surface area contributed by atoms with Crippen LogP contribution in [0.5, 0.6) is 0 Å². The molecule has 0 aromatic carbocycles. The summed E-state index contributed by atoms with van der Waals surface area (Å²) in [7, 11) is 1.00. The Bertz CT molecular complexity index is 389. The van der Waals surface area contributed by atoms with Gasteiger partial charge in [0, 0.05) is 19.4 Å². The lowest BCUT2D eigenvalue weighted by Crippen LogP contribution is -2.68. The fourth-order valence-electron chi connectivity index (χ4n) is 4.88. The largest absolute Gasteiger partial charge is 0.400 e. The van der Waals surface area contributed by atoms with Gasteiger partial charge in [-0.05, 0) is 43.9 Å². The van der Waals surface area contributed by atoms with E-state index in [-0.39, 0.29) is 11.9 Å². The SMILES string of the molecule is CO.C[C@@H]1CC[C@H]2[C@@H](C)CO[C@@H]3O[C@@]4(C)CC[C@@H]1[C@]32OO4. The van der Waals surface area contributed by atoms with Gasteiger partial charge in [-0.3, -0.25) is 0 Å². The van der Waals surface area contributed by atoms with E-state index in [0.29, 0.717) is 23.7 Å². The first-order valence-electron chi connectivity index (χ1n) is 8.16. The molecule has 0 radical (unpaired) electrons.